The number of carboxylic acid groups (broad SMARTS) is 1. The van der Waals surface area contributed by atoms with Gasteiger partial charge in [0.2, 0.25) is 0 Å². The summed E-state index contributed by atoms with van der Waals surface area (Å²) in [7, 11) is 0. The van der Waals surface area contributed by atoms with Crippen LogP contribution in [-0.2, 0) is 22.7 Å². The first kappa shape index (κ1) is 21.2. The lowest BCUT2D eigenvalue weighted by molar-refractivity contribution is -0.122. The van der Waals surface area contributed by atoms with Gasteiger partial charge in [-0.1, -0.05) is 19.3 Å². The zero-order valence-corrected chi connectivity index (χ0v) is 17.3. The second kappa shape index (κ2) is 9.01. The summed E-state index contributed by atoms with van der Waals surface area (Å²) in [5, 5.41) is 15.7. The smallest absolute Gasteiger partial charge is 0.290 e. The molecule has 3 aliphatic rings. The van der Waals surface area contributed by atoms with Gasteiger partial charge >= 0.3 is 0 Å². The van der Waals surface area contributed by atoms with E-state index in [0.29, 0.717) is 32.2 Å². The van der Waals surface area contributed by atoms with E-state index in [9.17, 15) is 9.59 Å². The number of carbonyl (C=O) groups excluding carboxylic acids is 1. The highest BCUT2D eigenvalue weighted by Gasteiger charge is 2.45. The Bertz CT molecular complexity index is 996. The molecule has 2 aromatic heterocycles. The van der Waals surface area contributed by atoms with Crippen molar-refractivity contribution >= 4 is 12.4 Å². The average molecular weight is 429 g/mol. The van der Waals surface area contributed by atoms with Crippen LogP contribution >= 0.6 is 0 Å². The van der Waals surface area contributed by atoms with Gasteiger partial charge in [0.15, 0.2) is 5.82 Å². The van der Waals surface area contributed by atoms with Crippen LogP contribution in [0.2, 0.25) is 0 Å². The highest BCUT2D eigenvalue weighted by Crippen LogP contribution is 2.37. The molecule has 1 spiro atoms. The second-order valence-corrected chi connectivity index (χ2v) is 8.36. The van der Waals surface area contributed by atoms with Crippen molar-refractivity contribution in [2.24, 2.45) is 0 Å². The standard InChI is InChI=1S/C20H25N5O3.CH2O2/c26-18-15(7-4-9-21-18)19(27)24-10-8-20(12-24)13-25-16(11-28-20)22-23-17(25)14-5-2-1-3-6-14;2-1-3/h4,7,9,14H,1-3,5-6,8,10-13H2,(H,21,26);1H,(H,2,3). The van der Waals surface area contributed by atoms with Crippen LogP contribution in [0.5, 0.6) is 0 Å². The number of nitrogens with zero attached hydrogens (tertiary/aromatic N) is 4. The average Bonchev–Trinajstić information content (AvgIpc) is 3.39. The van der Waals surface area contributed by atoms with Crippen LogP contribution in [0.4, 0.5) is 0 Å². The van der Waals surface area contributed by atoms with Gasteiger partial charge in [0.1, 0.15) is 23.6 Å². The van der Waals surface area contributed by atoms with Crippen LogP contribution in [-0.4, -0.2) is 60.8 Å². The monoisotopic (exact) mass is 429 g/mol. The maximum Gasteiger partial charge on any atom is 0.290 e. The summed E-state index contributed by atoms with van der Waals surface area (Å²) in [5.74, 6) is 2.22. The Morgan fingerprint density at radius 1 is 1.26 bits per heavy atom. The number of aromatic amines is 1. The summed E-state index contributed by atoms with van der Waals surface area (Å²) >= 11 is 0. The summed E-state index contributed by atoms with van der Waals surface area (Å²) in [5.41, 5.74) is -0.586. The molecule has 166 valence electrons. The Morgan fingerprint density at radius 2 is 2.03 bits per heavy atom. The van der Waals surface area contributed by atoms with Crippen LogP contribution in [0.1, 0.15) is 66.4 Å². The van der Waals surface area contributed by atoms with E-state index >= 15 is 0 Å². The molecule has 31 heavy (non-hydrogen) atoms. The van der Waals surface area contributed by atoms with E-state index in [4.69, 9.17) is 14.6 Å². The Kier molecular flexibility index (Phi) is 6.17. The topological polar surface area (TPSA) is 130 Å². The highest BCUT2D eigenvalue weighted by molar-refractivity contribution is 5.94. The summed E-state index contributed by atoms with van der Waals surface area (Å²) in [6.07, 6.45) is 8.45. The molecule has 10 heteroatoms. The molecule has 5 rings (SSSR count). The van der Waals surface area contributed by atoms with Crippen LogP contribution in [0.15, 0.2) is 23.1 Å². The molecule has 1 atom stereocenters. The predicted molar refractivity (Wildman–Crippen MR) is 110 cm³/mol. The van der Waals surface area contributed by atoms with E-state index in [0.717, 1.165) is 18.1 Å². The molecule has 4 heterocycles. The largest absolute Gasteiger partial charge is 0.483 e. The van der Waals surface area contributed by atoms with Crippen molar-refractivity contribution in [3.05, 3.63) is 45.9 Å². The van der Waals surface area contributed by atoms with E-state index in [1.165, 1.54) is 38.3 Å². The minimum atomic E-state index is -0.421. The molecule has 1 saturated carbocycles. The number of carbonyl (C=O) groups is 2. The first-order chi connectivity index (χ1) is 15.1. The van der Waals surface area contributed by atoms with E-state index in [1.807, 2.05) is 0 Å². The number of fused-ring (bicyclic) bond motifs is 1. The molecular weight excluding hydrogens is 402 g/mol. The number of rotatable bonds is 2. The lowest BCUT2D eigenvalue weighted by Gasteiger charge is -2.35. The zero-order valence-electron chi connectivity index (χ0n) is 17.3. The Balaban J connectivity index is 0.000000730. The predicted octanol–water partition coefficient (Wildman–Crippen LogP) is 1.53. The third kappa shape index (κ3) is 4.25. The van der Waals surface area contributed by atoms with Crippen molar-refractivity contribution in [2.45, 2.75) is 63.2 Å². The molecule has 2 aromatic rings. The molecular formula is C21H27N5O5. The van der Waals surface area contributed by atoms with E-state index in [1.54, 1.807) is 17.0 Å². The normalized spacial score (nSPS) is 23.2. The molecule has 0 bridgehead atoms. The van der Waals surface area contributed by atoms with Gasteiger partial charge in [-0.25, -0.2) is 0 Å². The van der Waals surface area contributed by atoms with Crippen molar-refractivity contribution < 1.29 is 19.4 Å². The molecule has 2 N–H and O–H groups in total. The number of aromatic nitrogens is 4. The molecule has 2 aliphatic heterocycles. The van der Waals surface area contributed by atoms with Crippen molar-refractivity contribution in [1.29, 1.82) is 0 Å². The zero-order chi connectivity index (χ0) is 21.8. The quantitative estimate of drug-likeness (QED) is 0.692. The molecule has 1 unspecified atom stereocenters. The van der Waals surface area contributed by atoms with Crippen LogP contribution in [0.25, 0.3) is 0 Å². The molecule has 1 saturated heterocycles. The van der Waals surface area contributed by atoms with Gasteiger partial charge in [0, 0.05) is 18.7 Å². The second-order valence-electron chi connectivity index (χ2n) is 8.36. The number of H-pyrrole nitrogens is 1. The number of pyridine rings is 1. The SMILES string of the molecule is O=C(c1ccc[nH]c1=O)N1CCC2(C1)Cn1c(nnc1C1CCCCC1)CO2.O=CO. The maximum atomic E-state index is 12.8. The number of amides is 1. The molecule has 1 amide bonds. The molecule has 2 fully saturated rings. The fourth-order valence-electron chi connectivity index (χ4n) is 4.87. The van der Waals surface area contributed by atoms with Gasteiger partial charge in [0.05, 0.1) is 13.1 Å². The first-order valence-electron chi connectivity index (χ1n) is 10.7. The minimum Gasteiger partial charge on any atom is -0.483 e. The van der Waals surface area contributed by atoms with Crippen molar-refractivity contribution in [3.8, 4) is 0 Å². The van der Waals surface area contributed by atoms with Crippen LogP contribution in [0.3, 0.4) is 0 Å². The molecule has 10 nitrogen and oxygen atoms in total. The van der Waals surface area contributed by atoms with Crippen molar-refractivity contribution in [2.75, 3.05) is 13.1 Å². The fraction of sp³-hybridized carbons (Fsp3) is 0.571. The molecule has 0 radical (unpaired) electrons. The lowest BCUT2D eigenvalue weighted by Crippen LogP contribution is -2.45. The Hall–Kier alpha value is -3.01. The van der Waals surface area contributed by atoms with Gasteiger partial charge in [-0.3, -0.25) is 14.4 Å². The van der Waals surface area contributed by atoms with Gasteiger partial charge in [-0.2, -0.15) is 0 Å². The highest BCUT2D eigenvalue weighted by atomic mass is 16.5. The van der Waals surface area contributed by atoms with Crippen molar-refractivity contribution in [3.63, 3.8) is 0 Å². The number of likely N-dealkylation sites (tertiary alicyclic amines) is 1. The number of hydrogen-bond donors (Lipinski definition) is 2. The van der Waals surface area contributed by atoms with Gasteiger partial charge < -0.3 is 24.3 Å². The summed E-state index contributed by atoms with van der Waals surface area (Å²) in [4.78, 5) is 37.5. The third-order valence-corrected chi connectivity index (χ3v) is 6.43. The molecule has 1 aliphatic carbocycles. The number of hydrogen-bond acceptors (Lipinski definition) is 6. The van der Waals surface area contributed by atoms with E-state index in [-0.39, 0.29) is 23.5 Å². The maximum absolute atomic E-state index is 12.8. The van der Waals surface area contributed by atoms with E-state index < -0.39 is 5.60 Å². The first-order valence-corrected chi connectivity index (χ1v) is 10.7. The Morgan fingerprint density at radius 3 is 2.77 bits per heavy atom. The summed E-state index contributed by atoms with van der Waals surface area (Å²) < 4.78 is 8.44. The van der Waals surface area contributed by atoms with Crippen molar-refractivity contribution in [1.82, 2.24) is 24.6 Å². The van der Waals surface area contributed by atoms with Crippen LogP contribution < -0.4 is 5.56 Å². The third-order valence-electron chi connectivity index (χ3n) is 6.43. The Labute approximate surface area is 179 Å². The van der Waals surface area contributed by atoms with E-state index in [2.05, 4.69) is 19.7 Å². The van der Waals surface area contributed by atoms with Gasteiger partial charge in [-0.15, -0.1) is 10.2 Å². The van der Waals surface area contributed by atoms with Gasteiger partial charge in [0.25, 0.3) is 17.9 Å². The fourth-order valence-corrected chi connectivity index (χ4v) is 4.87. The number of nitrogens with one attached hydrogen (secondary N) is 1. The summed E-state index contributed by atoms with van der Waals surface area (Å²) in [6.45, 7) is 1.93. The molecule has 0 aromatic carbocycles. The lowest BCUT2D eigenvalue weighted by atomic mass is 9.88. The number of ether oxygens (including phenoxy) is 1. The summed E-state index contributed by atoms with van der Waals surface area (Å²) in [6, 6.07) is 3.25. The van der Waals surface area contributed by atoms with Gasteiger partial charge in [-0.05, 0) is 31.4 Å². The minimum absolute atomic E-state index is 0.184. The van der Waals surface area contributed by atoms with Crippen LogP contribution in [0, 0.1) is 0 Å².